The number of primary amides is 1. The molecule has 2 fully saturated rings. The molecule has 0 unspecified atom stereocenters. The van der Waals surface area contributed by atoms with Gasteiger partial charge in [-0.3, -0.25) is 9.36 Å². The number of rotatable bonds is 5. The van der Waals surface area contributed by atoms with Crippen molar-refractivity contribution in [2.45, 2.75) is 56.0 Å². The number of carbonyl (C=O) groups excluding carboxylic acids is 1. The van der Waals surface area contributed by atoms with Crippen LogP contribution in [0.2, 0.25) is 0 Å². The summed E-state index contributed by atoms with van der Waals surface area (Å²) in [4.78, 5) is 13.6. The van der Waals surface area contributed by atoms with Gasteiger partial charge in [0.05, 0.1) is 5.25 Å². The molecule has 1 aliphatic heterocycles. The maximum atomic E-state index is 11.3. The van der Waals surface area contributed by atoms with E-state index in [1.807, 2.05) is 6.92 Å². The second-order valence-electron chi connectivity index (χ2n) is 6.22. The molecule has 0 radical (unpaired) electrons. The minimum absolute atomic E-state index is 0.277. The number of carbonyl (C=O) groups is 1. The summed E-state index contributed by atoms with van der Waals surface area (Å²) >= 11 is 1.42. The molecule has 1 saturated heterocycles. The van der Waals surface area contributed by atoms with Crippen molar-refractivity contribution < 1.29 is 4.79 Å². The summed E-state index contributed by atoms with van der Waals surface area (Å²) in [5.74, 6) is 1.46. The molecule has 1 atom stereocenters. The van der Waals surface area contributed by atoms with Gasteiger partial charge in [-0.2, -0.15) is 0 Å². The first-order chi connectivity index (χ1) is 10.1. The smallest absolute Gasteiger partial charge is 0.230 e. The molecular formula is C14H23N5OS. The zero-order valence-corrected chi connectivity index (χ0v) is 13.5. The average molecular weight is 309 g/mol. The first kappa shape index (κ1) is 14.7. The topological polar surface area (TPSA) is 77.0 Å². The van der Waals surface area contributed by atoms with Gasteiger partial charge < -0.3 is 10.6 Å². The summed E-state index contributed by atoms with van der Waals surface area (Å²) in [6.07, 6.45) is 4.76. The van der Waals surface area contributed by atoms with Gasteiger partial charge in [0, 0.05) is 19.1 Å². The van der Waals surface area contributed by atoms with Crippen LogP contribution in [-0.4, -0.2) is 39.0 Å². The number of anilines is 1. The molecule has 2 N–H and O–H groups in total. The van der Waals surface area contributed by atoms with Gasteiger partial charge in [-0.1, -0.05) is 18.7 Å². The zero-order chi connectivity index (χ0) is 15.0. The lowest BCUT2D eigenvalue weighted by molar-refractivity contribution is -0.117. The summed E-state index contributed by atoms with van der Waals surface area (Å²) in [6, 6.07) is 0.497. The van der Waals surface area contributed by atoms with Gasteiger partial charge in [-0.05, 0) is 38.5 Å². The molecule has 0 spiro atoms. The summed E-state index contributed by atoms with van der Waals surface area (Å²) in [7, 11) is 0. The Morgan fingerprint density at radius 3 is 2.52 bits per heavy atom. The van der Waals surface area contributed by atoms with E-state index in [1.165, 1.54) is 37.4 Å². The lowest BCUT2D eigenvalue weighted by Gasteiger charge is -2.31. The van der Waals surface area contributed by atoms with Crippen LogP contribution in [-0.2, 0) is 4.79 Å². The van der Waals surface area contributed by atoms with Crippen LogP contribution in [0.3, 0.4) is 0 Å². The summed E-state index contributed by atoms with van der Waals surface area (Å²) in [5, 5.41) is 9.28. The molecule has 3 rings (SSSR count). The fourth-order valence-electron chi connectivity index (χ4n) is 2.64. The van der Waals surface area contributed by atoms with Gasteiger partial charge in [0.25, 0.3) is 0 Å². The lowest BCUT2D eigenvalue weighted by Crippen LogP contribution is -2.34. The van der Waals surface area contributed by atoms with Crippen molar-refractivity contribution in [2.24, 2.45) is 11.7 Å². The second kappa shape index (κ2) is 5.87. The van der Waals surface area contributed by atoms with E-state index >= 15 is 0 Å². The van der Waals surface area contributed by atoms with Gasteiger partial charge >= 0.3 is 0 Å². The second-order valence-corrected chi connectivity index (χ2v) is 7.52. The Bertz CT molecular complexity index is 519. The van der Waals surface area contributed by atoms with E-state index < -0.39 is 0 Å². The summed E-state index contributed by atoms with van der Waals surface area (Å²) < 4.78 is 2.22. The molecule has 1 aliphatic carbocycles. The van der Waals surface area contributed by atoms with Crippen molar-refractivity contribution in [1.82, 2.24) is 14.8 Å². The molecular weight excluding hydrogens is 286 g/mol. The van der Waals surface area contributed by atoms with Crippen LogP contribution < -0.4 is 10.6 Å². The molecule has 2 aliphatic rings. The number of hydrogen-bond donors (Lipinski definition) is 1. The van der Waals surface area contributed by atoms with Gasteiger partial charge in [0.2, 0.25) is 11.9 Å². The van der Waals surface area contributed by atoms with Crippen molar-refractivity contribution in [1.29, 1.82) is 0 Å². The molecule has 1 aromatic heterocycles. The number of aromatic nitrogens is 3. The Morgan fingerprint density at radius 2 is 1.95 bits per heavy atom. The number of hydrogen-bond acceptors (Lipinski definition) is 5. The van der Waals surface area contributed by atoms with Gasteiger partial charge in [0.1, 0.15) is 0 Å². The molecule has 0 bridgehead atoms. The fraction of sp³-hybridized carbons (Fsp3) is 0.786. The highest BCUT2D eigenvalue weighted by atomic mass is 32.2. The highest BCUT2D eigenvalue weighted by Crippen LogP contribution is 2.42. The first-order valence-electron chi connectivity index (χ1n) is 7.72. The van der Waals surface area contributed by atoms with E-state index in [0.29, 0.717) is 6.04 Å². The molecule has 116 valence electrons. The monoisotopic (exact) mass is 309 g/mol. The Kier molecular flexibility index (Phi) is 4.10. The van der Waals surface area contributed by atoms with Crippen molar-refractivity contribution in [3.05, 3.63) is 0 Å². The maximum absolute atomic E-state index is 11.3. The molecule has 1 saturated carbocycles. The van der Waals surface area contributed by atoms with Crippen LogP contribution in [0.1, 0.15) is 45.6 Å². The lowest BCUT2D eigenvalue weighted by atomic mass is 10.00. The highest BCUT2D eigenvalue weighted by Gasteiger charge is 2.33. The van der Waals surface area contributed by atoms with Gasteiger partial charge in [-0.15, -0.1) is 10.2 Å². The third-order valence-corrected chi connectivity index (χ3v) is 5.38. The van der Waals surface area contributed by atoms with Gasteiger partial charge in [0.15, 0.2) is 5.16 Å². The molecule has 6 nitrogen and oxygen atoms in total. The quantitative estimate of drug-likeness (QED) is 0.840. The van der Waals surface area contributed by atoms with E-state index in [0.717, 1.165) is 30.1 Å². The standard InChI is InChI=1S/C14H23N5OS/c1-9-5-7-18(8-6-9)13-16-17-14(19(13)11-3-4-11)21-10(2)12(15)20/h9-11H,3-8H2,1-2H3,(H2,15,20)/t10-/m0/s1. The van der Waals surface area contributed by atoms with Crippen LogP contribution >= 0.6 is 11.8 Å². The fourth-order valence-corrected chi connectivity index (χ4v) is 3.51. The zero-order valence-electron chi connectivity index (χ0n) is 12.7. The minimum atomic E-state index is -0.307. The molecule has 1 aromatic rings. The van der Waals surface area contributed by atoms with Crippen molar-refractivity contribution in [2.75, 3.05) is 18.0 Å². The van der Waals surface area contributed by atoms with Gasteiger partial charge in [-0.25, -0.2) is 0 Å². The van der Waals surface area contributed by atoms with E-state index in [4.69, 9.17) is 5.73 Å². The number of amides is 1. The van der Waals surface area contributed by atoms with Crippen LogP contribution in [0.15, 0.2) is 5.16 Å². The molecule has 2 heterocycles. The van der Waals surface area contributed by atoms with E-state index in [2.05, 4.69) is 26.6 Å². The van der Waals surface area contributed by atoms with Crippen molar-refractivity contribution >= 4 is 23.6 Å². The predicted molar refractivity (Wildman–Crippen MR) is 83.4 cm³/mol. The van der Waals surface area contributed by atoms with E-state index in [1.54, 1.807) is 0 Å². The van der Waals surface area contributed by atoms with Crippen LogP contribution in [0.5, 0.6) is 0 Å². The van der Waals surface area contributed by atoms with E-state index in [9.17, 15) is 4.79 Å². The number of thioether (sulfide) groups is 1. The van der Waals surface area contributed by atoms with Crippen molar-refractivity contribution in [3.8, 4) is 0 Å². The number of piperidine rings is 1. The Hall–Kier alpha value is -1.24. The molecule has 1 amide bonds. The largest absolute Gasteiger partial charge is 0.369 e. The Labute approximate surface area is 129 Å². The predicted octanol–water partition coefficient (Wildman–Crippen LogP) is 1.82. The molecule has 21 heavy (non-hydrogen) atoms. The third-order valence-electron chi connectivity index (χ3n) is 4.31. The number of nitrogens with zero attached hydrogens (tertiary/aromatic N) is 4. The highest BCUT2D eigenvalue weighted by molar-refractivity contribution is 8.00. The summed E-state index contributed by atoms with van der Waals surface area (Å²) in [5.41, 5.74) is 5.36. The average Bonchev–Trinajstić information content (AvgIpc) is 3.21. The molecule has 0 aromatic carbocycles. The normalized spacial score (nSPS) is 21.5. The van der Waals surface area contributed by atoms with Crippen molar-refractivity contribution in [3.63, 3.8) is 0 Å². The summed E-state index contributed by atoms with van der Waals surface area (Å²) in [6.45, 7) is 6.21. The first-order valence-corrected chi connectivity index (χ1v) is 8.60. The third kappa shape index (κ3) is 3.17. The Balaban J connectivity index is 1.81. The SMILES string of the molecule is CC1CCN(c2nnc(S[C@@H](C)C(N)=O)n2C2CC2)CC1. The minimum Gasteiger partial charge on any atom is -0.369 e. The van der Waals surface area contributed by atoms with Crippen LogP contribution in [0.4, 0.5) is 5.95 Å². The van der Waals surface area contributed by atoms with E-state index in [-0.39, 0.29) is 11.2 Å². The Morgan fingerprint density at radius 1 is 1.29 bits per heavy atom. The molecule has 7 heteroatoms. The number of nitrogens with two attached hydrogens (primary N) is 1. The van der Waals surface area contributed by atoms with Crippen LogP contribution in [0.25, 0.3) is 0 Å². The maximum Gasteiger partial charge on any atom is 0.230 e. The van der Waals surface area contributed by atoms with Crippen LogP contribution in [0, 0.1) is 5.92 Å².